The SMILES string of the molecule is Cc1ccc(C)c(NC(=O)c2cc3c([nH]c2=O)CC[C@H](C)C3)c1. The Labute approximate surface area is 135 Å². The third-order valence-electron chi connectivity index (χ3n) is 4.56. The van der Waals surface area contributed by atoms with Gasteiger partial charge in [-0.05, 0) is 67.9 Å². The second-order valence-electron chi connectivity index (χ2n) is 6.64. The number of anilines is 1. The highest BCUT2D eigenvalue weighted by molar-refractivity contribution is 6.04. The number of pyridine rings is 1. The lowest BCUT2D eigenvalue weighted by molar-refractivity contribution is 0.102. The van der Waals surface area contributed by atoms with Crippen LogP contribution in [-0.2, 0) is 12.8 Å². The van der Waals surface area contributed by atoms with E-state index in [0.29, 0.717) is 5.92 Å². The van der Waals surface area contributed by atoms with Crippen LogP contribution in [0.1, 0.15) is 46.1 Å². The number of carbonyl (C=O) groups excluding carboxylic acids is 1. The summed E-state index contributed by atoms with van der Waals surface area (Å²) in [5.74, 6) is 0.240. The topological polar surface area (TPSA) is 62.0 Å². The highest BCUT2D eigenvalue weighted by Crippen LogP contribution is 2.24. The van der Waals surface area contributed by atoms with Crippen molar-refractivity contribution in [1.29, 1.82) is 0 Å². The summed E-state index contributed by atoms with van der Waals surface area (Å²) in [6.45, 7) is 6.11. The molecule has 0 radical (unpaired) electrons. The van der Waals surface area contributed by atoms with E-state index < -0.39 is 0 Å². The van der Waals surface area contributed by atoms with E-state index in [1.807, 2.05) is 32.0 Å². The molecule has 0 saturated carbocycles. The highest BCUT2D eigenvalue weighted by Gasteiger charge is 2.20. The number of benzene rings is 1. The van der Waals surface area contributed by atoms with E-state index in [2.05, 4.69) is 17.2 Å². The Balaban J connectivity index is 1.92. The van der Waals surface area contributed by atoms with Crippen molar-refractivity contribution < 1.29 is 4.79 Å². The standard InChI is InChI=1S/C19H22N2O2/c1-11-5-7-16-14(8-11)10-15(18(22)20-16)19(23)21-17-9-12(2)4-6-13(17)3/h4,6,9-11H,5,7-8H2,1-3H3,(H,20,22)(H,21,23)/t11-/m0/s1. The summed E-state index contributed by atoms with van der Waals surface area (Å²) in [7, 11) is 0. The number of rotatable bonds is 2. The van der Waals surface area contributed by atoms with Crippen molar-refractivity contribution in [1.82, 2.24) is 4.98 Å². The van der Waals surface area contributed by atoms with Crippen LogP contribution in [0.25, 0.3) is 0 Å². The number of fused-ring (bicyclic) bond motifs is 1. The Morgan fingerprint density at radius 1 is 1.26 bits per heavy atom. The van der Waals surface area contributed by atoms with Crippen molar-refractivity contribution >= 4 is 11.6 Å². The van der Waals surface area contributed by atoms with Crippen molar-refractivity contribution in [3.8, 4) is 0 Å². The number of aryl methyl sites for hydroxylation is 3. The van der Waals surface area contributed by atoms with Gasteiger partial charge in [0.2, 0.25) is 0 Å². The van der Waals surface area contributed by atoms with Gasteiger partial charge in [-0.3, -0.25) is 9.59 Å². The van der Waals surface area contributed by atoms with Crippen LogP contribution in [0.2, 0.25) is 0 Å². The molecule has 0 aliphatic heterocycles. The summed E-state index contributed by atoms with van der Waals surface area (Å²) in [6.07, 6.45) is 2.87. The zero-order chi connectivity index (χ0) is 16.6. The number of amides is 1. The smallest absolute Gasteiger partial charge is 0.261 e. The first kappa shape index (κ1) is 15.5. The molecule has 120 valence electrons. The van der Waals surface area contributed by atoms with Crippen LogP contribution in [-0.4, -0.2) is 10.9 Å². The number of hydrogen-bond acceptors (Lipinski definition) is 2. The lowest BCUT2D eigenvalue weighted by atomic mass is 9.87. The molecule has 1 aromatic heterocycles. The van der Waals surface area contributed by atoms with Crippen LogP contribution in [0.15, 0.2) is 29.1 Å². The second kappa shape index (κ2) is 6.03. The molecule has 1 atom stereocenters. The van der Waals surface area contributed by atoms with Gasteiger partial charge in [0.15, 0.2) is 0 Å². The van der Waals surface area contributed by atoms with Gasteiger partial charge in [0, 0.05) is 11.4 Å². The lowest BCUT2D eigenvalue weighted by Crippen LogP contribution is -2.27. The zero-order valence-corrected chi connectivity index (χ0v) is 13.8. The lowest BCUT2D eigenvalue weighted by Gasteiger charge is -2.21. The fourth-order valence-corrected chi connectivity index (χ4v) is 3.11. The van der Waals surface area contributed by atoms with Gasteiger partial charge < -0.3 is 10.3 Å². The fourth-order valence-electron chi connectivity index (χ4n) is 3.11. The van der Waals surface area contributed by atoms with E-state index in [-0.39, 0.29) is 17.0 Å². The van der Waals surface area contributed by atoms with E-state index in [4.69, 9.17) is 0 Å². The minimum atomic E-state index is -0.346. The van der Waals surface area contributed by atoms with Crippen LogP contribution in [0.4, 0.5) is 5.69 Å². The van der Waals surface area contributed by atoms with E-state index >= 15 is 0 Å². The molecule has 1 amide bonds. The minimum absolute atomic E-state index is 0.193. The Hall–Kier alpha value is -2.36. The molecule has 4 heteroatoms. The second-order valence-corrected chi connectivity index (χ2v) is 6.64. The number of carbonyl (C=O) groups is 1. The first-order chi connectivity index (χ1) is 10.9. The maximum Gasteiger partial charge on any atom is 0.261 e. The van der Waals surface area contributed by atoms with Crippen molar-refractivity contribution in [3.63, 3.8) is 0 Å². The molecule has 1 aromatic carbocycles. The third-order valence-corrected chi connectivity index (χ3v) is 4.56. The van der Waals surface area contributed by atoms with Crippen molar-refractivity contribution in [2.75, 3.05) is 5.32 Å². The zero-order valence-electron chi connectivity index (χ0n) is 13.8. The molecule has 0 spiro atoms. The molecule has 0 saturated heterocycles. The quantitative estimate of drug-likeness (QED) is 0.893. The van der Waals surface area contributed by atoms with Crippen molar-refractivity contribution in [2.24, 2.45) is 5.92 Å². The molecule has 1 aliphatic rings. The van der Waals surface area contributed by atoms with Gasteiger partial charge in [0.05, 0.1) is 0 Å². The Bertz CT molecular complexity index is 821. The minimum Gasteiger partial charge on any atom is -0.325 e. The molecular weight excluding hydrogens is 288 g/mol. The van der Waals surface area contributed by atoms with E-state index in [0.717, 1.165) is 47.3 Å². The average Bonchev–Trinajstić information content (AvgIpc) is 2.50. The van der Waals surface area contributed by atoms with Gasteiger partial charge in [0.1, 0.15) is 5.56 Å². The molecule has 1 heterocycles. The molecule has 0 bridgehead atoms. The molecule has 4 nitrogen and oxygen atoms in total. The Kier molecular flexibility index (Phi) is 4.07. The van der Waals surface area contributed by atoms with Gasteiger partial charge in [-0.2, -0.15) is 0 Å². The Morgan fingerprint density at radius 2 is 2.04 bits per heavy atom. The van der Waals surface area contributed by atoms with E-state index in [9.17, 15) is 9.59 Å². The summed E-state index contributed by atoms with van der Waals surface area (Å²) in [5.41, 5.74) is 4.76. The number of H-pyrrole nitrogens is 1. The van der Waals surface area contributed by atoms with Crippen LogP contribution in [0.5, 0.6) is 0 Å². The first-order valence-corrected chi connectivity index (χ1v) is 8.07. The normalized spacial score (nSPS) is 16.7. The number of nitrogens with one attached hydrogen (secondary N) is 2. The summed E-state index contributed by atoms with van der Waals surface area (Å²) < 4.78 is 0. The maximum atomic E-state index is 12.5. The molecular formula is C19H22N2O2. The molecule has 0 unspecified atom stereocenters. The summed E-state index contributed by atoms with van der Waals surface area (Å²) >= 11 is 0. The van der Waals surface area contributed by atoms with Crippen LogP contribution in [0, 0.1) is 19.8 Å². The molecule has 23 heavy (non-hydrogen) atoms. The summed E-state index contributed by atoms with van der Waals surface area (Å²) in [4.78, 5) is 27.7. The van der Waals surface area contributed by atoms with E-state index in [1.165, 1.54) is 0 Å². The van der Waals surface area contributed by atoms with E-state index in [1.54, 1.807) is 6.07 Å². The van der Waals surface area contributed by atoms with Gasteiger partial charge >= 0.3 is 0 Å². The number of aromatic amines is 1. The van der Waals surface area contributed by atoms with Crippen molar-refractivity contribution in [2.45, 2.75) is 40.0 Å². The van der Waals surface area contributed by atoms with Gasteiger partial charge in [-0.25, -0.2) is 0 Å². The summed E-state index contributed by atoms with van der Waals surface area (Å²) in [5, 5.41) is 2.87. The molecule has 1 aliphatic carbocycles. The van der Waals surface area contributed by atoms with Crippen LogP contribution in [0.3, 0.4) is 0 Å². The summed E-state index contributed by atoms with van der Waals surface area (Å²) in [6, 6.07) is 7.65. The predicted octanol–water partition coefficient (Wildman–Crippen LogP) is 3.37. The van der Waals surface area contributed by atoms with Gasteiger partial charge in [-0.1, -0.05) is 19.1 Å². The number of aromatic nitrogens is 1. The fraction of sp³-hybridized carbons (Fsp3) is 0.368. The average molecular weight is 310 g/mol. The Morgan fingerprint density at radius 3 is 2.83 bits per heavy atom. The third kappa shape index (κ3) is 3.21. The monoisotopic (exact) mass is 310 g/mol. The largest absolute Gasteiger partial charge is 0.325 e. The highest BCUT2D eigenvalue weighted by atomic mass is 16.2. The first-order valence-electron chi connectivity index (χ1n) is 8.07. The van der Waals surface area contributed by atoms with Crippen LogP contribution >= 0.6 is 0 Å². The molecule has 2 N–H and O–H groups in total. The van der Waals surface area contributed by atoms with Gasteiger partial charge in [0.25, 0.3) is 11.5 Å². The molecule has 2 aromatic rings. The van der Waals surface area contributed by atoms with Crippen LogP contribution < -0.4 is 10.9 Å². The molecule has 3 rings (SSSR count). The molecule has 0 fully saturated rings. The number of hydrogen-bond donors (Lipinski definition) is 2. The predicted molar refractivity (Wildman–Crippen MR) is 92.1 cm³/mol. The van der Waals surface area contributed by atoms with Crippen molar-refractivity contribution in [3.05, 3.63) is 62.6 Å². The van der Waals surface area contributed by atoms with Gasteiger partial charge in [-0.15, -0.1) is 0 Å². The maximum absolute atomic E-state index is 12.5.